The lowest BCUT2D eigenvalue weighted by molar-refractivity contribution is -0.129. The minimum atomic E-state index is -0.674. The van der Waals surface area contributed by atoms with Crippen molar-refractivity contribution in [2.24, 2.45) is 0 Å². The van der Waals surface area contributed by atoms with E-state index in [0.717, 1.165) is 0 Å². The predicted molar refractivity (Wildman–Crippen MR) is 89.2 cm³/mol. The van der Waals surface area contributed by atoms with Crippen LogP contribution in [0.2, 0.25) is 0 Å². The Hall–Kier alpha value is -2.26. The van der Waals surface area contributed by atoms with Gasteiger partial charge in [0.25, 0.3) is 5.91 Å². The molecule has 9 heteroatoms. The van der Waals surface area contributed by atoms with E-state index < -0.39 is 6.10 Å². The SMILES string of the molecule is CC(=O)N1CCN(c2cncc(C(=O)N3CCOCC3)n2)C[C@H](O)C1. The van der Waals surface area contributed by atoms with Gasteiger partial charge in [0, 0.05) is 46.2 Å². The molecule has 3 heterocycles. The second-order valence-corrected chi connectivity index (χ2v) is 6.23. The molecule has 0 bridgehead atoms. The summed E-state index contributed by atoms with van der Waals surface area (Å²) in [6, 6.07) is 0. The maximum atomic E-state index is 12.6. The molecule has 2 aliphatic rings. The molecule has 0 aromatic carbocycles. The average Bonchev–Trinajstić information content (AvgIpc) is 2.84. The number of carbonyl (C=O) groups excluding carboxylic acids is 2. The smallest absolute Gasteiger partial charge is 0.274 e. The highest BCUT2D eigenvalue weighted by atomic mass is 16.5. The summed E-state index contributed by atoms with van der Waals surface area (Å²) in [6.07, 6.45) is 2.36. The molecule has 2 saturated heterocycles. The number of aromatic nitrogens is 2. The van der Waals surface area contributed by atoms with Crippen LogP contribution in [0, 0.1) is 0 Å². The summed E-state index contributed by atoms with van der Waals surface area (Å²) in [7, 11) is 0. The van der Waals surface area contributed by atoms with Crippen LogP contribution in [0.25, 0.3) is 0 Å². The summed E-state index contributed by atoms with van der Waals surface area (Å²) in [5.74, 6) is 0.296. The van der Waals surface area contributed by atoms with Gasteiger partial charge in [0.15, 0.2) is 0 Å². The van der Waals surface area contributed by atoms with Gasteiger partial charge in [0.05, 0.1) is 31.7 Å². The van der Waals surface area contributed by atoms with Crippen molar-refractivity contribution >= 4 is 17.6 Å². The van der Waals surface area contributed by atoms with Crippen LogP contribution in [0.15, 0.2) is 12.4 Å². The van der Waals surface area contributed by atoms with E-state index >= 15 is 0 Å². The van der Waals surface area contributed by atoms with E-state index in [1.165, 1.54) is 13.1 Å². The Morgan fingerprint density at radius 2 is 1.88 bits per heavy atom. The molecule has 9 nitrogen and oxygen atoms in total. The molecule has 0 unspecified atom stereocenters. The Morgan fingerprint density at radius 1 is 1.12 bits per heavy atom. The maximum Gasteiger partial charge on any atom is 0.274 e. The number of amides is 2. The first-order valence-corrected chi connectivity index (χ1v) is 8.42. The van der Waals surface area contributed by atoms with Gasteiger partial charge in [-0.05, 0) is 0 Å². The molecule has 0 radical (unpaired) electrons. The molecular formula is C16H23N5O4. The third-order valence-electron chi connectivity index (χ3n) is 4.41. The number of nitrogens with zero attached hydrogens (tertiary/aromatic N) is 5. The molecule has 0 spiro atoms. The quantitative estimate of drug-likeness (QED) is 0.729. The fraction of sp³-hybridized carbons (Fsp3) is 0.625. The van der Waals surface area contributed by atoms with Crippen molar-refractivity contribution in [2.45, 2.75) is 13.0 Å². The van der Waals surface area contributed by atoms with Crippen molar-refractivity contribution in [1.82, 2.24) is 19.8 Å². The van der Waals surface area contributed by atoms with Gasteiger partial charge >= 0.3 is 0 Å². The Balaban J connectivity index is 1.74. The Labute approximate surface area is 146 Å². The summed E-state index contributed by atoms with van der Waals surface area (Å²) >= 11 is 0. The topological polar surface area (TPSA) is 99.1 Å². The summed E-state index contributed by atoms with van der Waals surface area (Å²) in [5, 5.41) is 10.1. The molecule has 2 aliphatic heterocycles. The first-order chi connectivity index (χ1) is 12.0. The van der Waals surface area contributed by atoms with Crippen LogP contribution >= 0.6 is 0 Å². The molecular weight excluding hydrogens is 326 g/mol. The van der Waals surface area contributed by atoms with E-state index in [1.807, 2.05) is 4.90 Å². The number of morpholine rings is 1. The molecule has 0 aliphatic carbocycles. The van der Waals surface area contributed by atoms with E-state index in [4.69, 9.17) is 4.74 Å². The van der Waals surface area contributed by atoms with Crippen LogP contribution < -0.4 is 4.90 Å². The van der Waals surface area contributed by atoms with E-state index in [2.05, 4.69) is 9.97 Å². The van der Waals surface area contributed by atoms with Crippen LogP contribution in [0.4, 0.5) is 5.82 Å². The van der Waals surface area contributed by atoms with Gasteiger partial charge in [-0.3, -0.25) is 14.6 Å². The van der Waals surface area contributed by atoms with Gasteiger partial charge in [-0.1, -0.05) is 0 Å². The number of aliphatic hydroxyl groups excluding tert-OH is 1. The highest BCUT2D eigenvalue weighted by Gasteiger charge is 2.25. The Bertz CT molecular complexity index is 635. The van der Waals surface area contributed by atoms with Crippen molar-refractivity contribution in [2.75, 3.05) is 57.4 Å². The Morgan fingerprint density at radius 3 is 2.60 bits per heavy atom. The lowest BCUT2D eigenvalue weighted by Gasteiger charge is -2.27. The van der Waals surface area contributed by atoms with Crippen LogP contribution in [0.5, 0.6) is 0 Å². The van der Waals surface area contributed by atoms with Crippen molar-refractivity contribution in [3.63, 3.8) is 0 Å². The van der Waals surface area contributed by atoms with Gasteiger partial charge in [-0.15, -0.1) is 0 Å². The first kappa shape index (κ1) is 17.6. The van der Waals surface area contributed by atoms with Crippen molar-refractivity contribution < 1.29 is 19.4 Å². The van der Waals surface area contributed by atoms with E-state index in [9.17, 15) is 14.7 Å². The van der Waals surface area contributed by atoms with Crippen molar-refractivity contribution in [1.29, 1.82) is 0 Å². The molecule has 3 rings (SSSR count). The Kier molecular flexibility index (Phi) is 5.44. The fourth-order valence-corrected chi connectivity index (χ4v) is 3.02. The van der Waals surface area contributed by atoms with Crippen LogP contribution in [-0.4, -0.2) is 95.3 Å². The van der Waals surface area contributed by atoms with Gasteiger partial charge in [0.1, 0.15) is 11.5 Å². The highest BCUT2D eigenvalue weighted by molar-refractivity contribution is 5.92. The molecule has 25 heavy (non-hydrogen) atoms. The molecule has 1 aromatic rings. The van der Waals surface area contributed by atoms with Crippen molar-refractivity contribution in [3.05, 3.63) is 18.1 Å². The van der Waals surface area contributed by atoms with Crippen molar-refractivity contribution in [3.8, 4) is 0 Å². The number of rotatable bonds is 2. The number of ether oxygens (including phenoxy) is 1. The largest absolute Gasteiger partial charge is 0.389 e. The number of hydrogen-bond acceptors (Lipinski definition) is 7. The maximum absolute atomic E-state index is 12.6. The lowest BCUT2D eigenvalue weighted by atomic mass is 10.3. The van der Waals surface area contributed by atoms with Crippen LogP contribution in [0.1, 0.15) is 17.4 Å². The second-order valence-electron chi connectivity index (χ2n) is 6.23. The summed E-state index contributed by atoms with van der Waals surface area (Å²) in [4.78, 5) is 37.9. The normalized spacial score (nSPS) is 21.8. The van der Waals surface area contributed by atoms with Crippen LogP contribution in [-0.2, 0) is 9.53 Å². The van der Waals surface area contributed by atoms with E-state index in [0.29, 0.717) is 58.3 Å². The number of carbonyl (C=O) groups is 2. The fourth-order valence-electron chi connectivity index (χ4n) is 3.02. The van der Waals surface area contributed by atoms with Crippen LogP contribution in [0.3, 0.4) is 0 Å². The second kappa shape index (κ2) is 7.75. The number of hydrogen-bond donors (Lipinski definition) is 1. The van der Waals surface area contributed by atoms with Gasteiger partial charge in [0.2, 0.25) is 5.91 Å². The molecule has 2 amide bonds. The van der Waals surface area contributed by atoms with E-state index in [1.54, 1.807) is 16.0 Å². The molecule has 1 N–H and O–H groups in total. The minimum Gasteiger partial charge on any atom is -0.389 e. The predicted octanol–water partition coefficient (Wildman–Crippen LogP) is -1.02. The summed E-state index contributed by atoms with van der Waals surface area (Å²) in [6.45, 7) is 5.29. The number of β-amino-alcohol motifs (C(OH)–C–C–N with tert-alkyl or cyclic N) is 1. The van der Waals surface area contributed by atoms with E-state index in [-0.39, 0.29) is 17.5 Å². The molecule has 1 atom stereocenters. The number of anilines is 1. The third kappa shape index (κ3) is 4.23. The van der Waals surface area contributed by atoms with Gasteiger partial charge < -0.3 is 24.5 Å². The molecule has 0 saturated carbocycles. The molecule has 1 aromatic heterocycles. The minimum absolute atomic E-state index is 0.0665. The average molecular weight is 349 g/mol. The monoisotopic (exact) mass is 349 g/mol. The zero-order valence-electron chi connectivity index (χ0n) is 14.3. The van der Waals surface area contributed by atoms with Gasteiger partial charge in [-0.25, -0.2) is 4.98 Å². The highest BCUT2D eigenvalue weighted by Crippen LogP contribution is 2.15. The first-order valence-electron chi connectivity index (χ1n) is 8.42. The zero-order chi connectivity index (χ0) is 17.8. The number of aliphatic hydroxyl groups is 1. The standard InChI is InChI=1S/C16H23N5O4/c1-12(22)20-2-3-21(11-13(23)10-20)15-9-17-8-14(18-15)16(24)19-4-6-25-7-5-19/h8-9,13,23H,2-7,10-11H2,1H3/t13-/m1/s1. The zero-order valence-corrected chi connectivity index (χ0v) is 14.3. The third-order valence-corrected chi connectivity index (χ3v) is 4.41. The van der Waals surface area contributed by atoms with Gasteiger partial charge in [-0.2, -0.15) is 0 Å². The lowest BCUT2D eigenvalue weighted by Crippen LogP contribution is -2.41. The summed E-state index contributed by atoms with van der Waals surface area (Å²) in [5.41, 5.74) is 0.279. The summed E-state index contributed by atoms with van der Waals surface area (Å²) < 4.78 is 5.26. The molecule has 136 valence electrons. The molecule has 2 fully saturated rings.